The molecule has 0 aliphatic carbocycles. The van der Waals surface area contributed by atoms with Crippen LogP contribution in [-0.4, -0.2) is 37.1 Å². The highest BCUT2D eigenvalue weighted by atomic mass is 32.1. The predicted octanol–water partition coefficient (Wildman–Crippen LogP) is 3.59. The Labute approximate surface area is 144 Å². The molecule has 0 saturated heterocycles. The van der Waals surface area contributed by atoms with Gasteiger partial charge in [-0.3, -0.25) is 4.79 Å². The summed E-state index contributed by atoms with van der Waals surface area (Å²) in [6, 6.07) is 11.2. The van der Waals surface area contributed by atoms with E-state index in [4.69, 9.17) is 9.47 Å². The number of amides is 1. The van der Waals surface area contributed by atoms with Crippen LogP contribution in [0.4, 0.5) is 0 Å². The summed E-state index contributed by atoms with van der Waals surface area (Å²) in [4.78, 5) is 18.6. The number of hydrogen-bond donors (Lipinski definition) is 0. The summed E-state index contributed by atoms with van der Waals surface area (Å²) in [5.74, 6) is 1.26. The summed E-state index contributed by atoms with van der Waals surface area (Å²) < 4.78 is 11.7. The number of carbonyl (C=O) groups excluding carboxylic acids is 1. The fourth-order valence-electron chi connectivity index (χ4n) is 2.61. The average Bonchev–Trinajstić information content (AvgIpc) is 3.08. The lowest BCUT2D eigenvalue weighted by Gasteiger charge is -2.20. The molecule has 1 aromatic heterocycles. The van der Waals surface area contributed by atoms with E-state index in [0.717, 1.165) is 15.8 Å². The number of hydrogen-bond acceptors (Lipinski definition) is 5. The number of methoxy groups -OCH3 is 2. The maximum absolute atomic E-state index is 12.7. The third-order valence-corrected chi connectivity index (χ3v) is 4.61. The molecule has 3 rings (SSSR count). The Hall–Kier alpha value is -2.60. The lowest BCUT2D eigenvalue weighted by atomic mass is 10.1. The molecule has 0 atom stereocenters. The van der Waals surface area contributed by atoms with Gasteiger partial charge < -0.3 is 14.4 Å². The third kappa shape index (κ3) is 3.05. The van der Waals surface area contributed by atoms with Gasteiger partial charge in [-0.1, -0.05) is 12.1 Å². The number of benzene rings is 2. The molecule has 0 bridgehead atoms. The maximum Gasteiger partial charge on any atom is 0.253 e. The number of carbonyl (C=O) groups is 1. The molecule has 3 aromatic rings. The van der Waals surface area contributed by atoms with Gasteiger partial charge in [-0.15, -0.1) is 11.3 Å². The maximum atomic E-state index is 12.7. The first-order valence-corrected chi connectivity index (χ1v) is 8.30. The van der Waals surface area contributed by atoms with Gasteiger partial charge in [0.15, 0.2) is 11.5 Å². The van der Waals surface area contributed by atoms with Crippen LogP contribution in [-0.2, 0) is 6.54 Å². The van der Waals surface area contributed by atoms with E-state index in [2.05, 4.69) is 4.98 Å². The van der Waals surface area contributed by atoms with Crippen LogP contribution in [0.5, 0.6) is 11.5 Å². The van der Waals surface area contributed by atoms with Crippen molar-refractivity contribution in [3.05, 3.63) is 53.0 Å². The quantitative estimate of drug-likeness (QED) is 0.711. The van der Waals surface area contributed by atoms with Crippen molar-refractivity contribution < 1.29 is 14.3 Å². The molecule has 0 spiro atoms. The second kappa shape index (κ2) is 6.88. The van der Waals surface area contributed by atoms with Gasteiger partial charge in [-0.2, -0.15) is 0 Å². The third-order valence-electron chi connectivity index (χ3n) is 3.82. The molecule has 124 valence electrons. The molecule has 24 heavy (non-hydrogen) atoms. The highest BCUT2D eigenvalue weighted by molar-refractivity contribution is 7.16. The van der Waals surface area contributed by atoms with Crippen LogP contribution in [0.3, 0.4) is 0 Å². The molecule has 0 radical (unpaired) electrons. The van der Waals surface area contributed by atoms with Crippen LogP contribution in [0.25, 0.3) is 10.2 Å². The van der Waals surface area contributed by atoms with Crippen LogP contribution in [0.1, 0.15) is 15.9 Å². The van der Waals surface area contributed by atoms with E-state index in [1.165, 1.54) is 11.3 Å². The van der Waals surface area contributed by atoms with Gasteiger partial charge in [0.2, 0.25) is 0 Å². The standard InChI is InChI=1S/C18H18N2O3S/c1-20(10-13-5-4-6-15(22-2)17(13)23-3)18(21)12-7-8-14-16(9-12)24-11-19-14/h4-9,11H,10H2,1-3H3. The van der Waals surface area contributed by atoms with Crippen LogP contribution in [0.2, 0.25) is 0 Å². The number of nitrogens with zero attached hydrogens (tertiary/aromatic N) is 2. The molecular formula is C18H18N2O3S. The minimum absolute atomic E-state index is 0.0461. The van der Waals surface area contributed by atoms with E-state index in [-0.39, 0.29) is 5.91 Å². The van der Waals surface area contributed by atoms with Gasteiger partial charge in [0.05, 0.1) is 29.9 Å². The summed E-state index contributed by atoms with van der Waals surface area (Å²) in [5.41, 5.74) is 4.24. The molecular weight excluding hydrogens is 324 g/mol. The van der Waals surface area contributed by atoms with Crippen LogP contribution < -0.4 is 9.47 Å². The Kier molecular flexibility index (Phi) is 4.66. The lowest BCUT2D eigenvalue weighted by Crippen LogP contribution is -2.26. The Bertz CT molecular complexity index is 876. The lowest BCUT2D eigenvalue weighted by molar-refractivity contribution is 0.0784. The van der Waals surface area contributed by atoms with Crippen molar-refractivity contribution in [2.45, 2.75) is 6.54 Å². The van der Waals surface area contributed by atoms with Crippen molar-refractivity contribution in [3.8, 4) is 11.5 Å². The van der Waals surface area contributed by atoms with Crippen molar-refractivity contribution in [1.29, 1.82) is 0 Å². The van der Waals surface area contributed by atoms with E-state index in [9.17, 15) is 4.79 Å². The van der Waals surface area contributed by atoms with E-state index in [1.54, 1.807) is 31.7 Å². The van der Waals surface area contributed by atoms with Gasteiger partial charge >= 0.3 is 0 Å². The minimum Gasteiger partial charge on any atom is -0.493 e. The summed E-state index contributed by atoms with van der Waals surface area (Å²) >= 11 is 1.53. The molecule has 6 heteroatoms. The second-order valence-corrected chi connectivity index (χ2v) is 6.24. The Balaban J connectivity index is 1.84. The normalized spacial score (nSPS) is 10.6. The molecule has 0 aliphatic heterocycles. The Morgan fingerprint density at radius 1 is 1.21 bits per heavy atom. The van der Waals surface area contributed by atoms with Gasteiger partial charge in [0.25, 0.3) is 5.91 Å². The average molecular weight is 342 g/mol. The van der Waals surface area contributed by atoms with E-state index in [0.29, 0.717) is 23.6 Å². The predicted molar refractivity (Wildman–Crippen MR) is 95.0 cm³/mol. The van der Waals surface area contributed by atoms with Crippen LogP contribution in [0, 0.1) is 0 Å². The number of aromatic nitrogens is 1. The van der Waals surface area contributed by atoms with Crippen molar-refractivity contribution >= 4 is 27.5 Å². The summed E-state index contributed by atoms with van der Waals surface area (Å²) in [6.45, 7) is 0.430. The number of para-hydroxylation sites is 1. The first kappa shape index (κ1) is 16.3. The number of ether oxygens (including phenoxy) is 2. The second-order valence-electron chi connectivity index (χ2n) is 5.35. The summed E-state index contributed by atoms with van der Waals surface area (Å²) in [7, 11) is 4.97. The number of rotatable bonds is 5. The van der Waals surface area contributed by atoms with E-state index in [1.807, 2.05) is 36.4 Å². The minimum atomic E-state index is -0.0461. The highest BCUT2D eigenvalue weighted by Gasteiger charge is 2.16. The molecule has 0 N–H and O–H groups in total. The van der Waals surface area contributed by atoms with E-state index >= 15 is 0 Å². The zero-order valence-electron chi connectivity index (χ0n) is 13.8. The summed E-state index contributed by atoms with van der Waals surface area (Å²) in [6.07, 6.45) is 0. The monoisotopic (exact) mass is 342 g/mol. The van der Waals surface area contributed by atoms with E-state index < -0.39 is 0 Å². The molecule has 2 aromatic carbocycles. The number of fused-ring (bicyclic) bond motifs is 1. The molecule has 0 unspecified atom stereocenters. The fourth-order valence-corrected chi connectivity index (χ4v) is 3.33. The molecule has 0 aliphatic rings. The Morgan fingerprint density at radius 3 is 2.79 bits per heavy atom. The zero-order valence-corrected chi connectivity index (χ0v) is 14.6. The number of thiazole rings is 1. The first-order valence-electron chi connectivity index (χ1n) is 7.42. The largest absolute Gasteiger partial charge is 0.493 e. The fraction of sp³-hybridized carbons (Fsp3) is 0.222. The molecule has 0 fully saturated rings. The Morgan fingerprint density at radius 2 is 2.04 bits per heavy atom. The van der Waals surface area contributed by atoms with Crippen molar-refractivity contribution in [3.63, 3.8) is 0 Å². The van der Waals surface area contributed by atoms with Crippen molar-refractivity contribution in [2.75, 3.05) is 21.3 Å². The smallest absolute Gasteiger partial charge is 0.253 e. The van der Waals surface area contributed by atoms with Gasteiger partial charge in [0, 0.05) is 24.7 Å². The molecule has 5 nitrogen and oxygen atoms in total. The van der Waals surface area contributed by atoms with Gasteiger partial charge in [-0.05, 0) is 24.3 Å². The molecule has 1 heterocycles. The SMILES string of the molecule is COc1cccc(CN(C)C(=O)c2ccc3ncsc3c2)c1OC. The molecule has 1 amide bonds. The van der Waals surface area contributed by atoms with Crippen LogP contribution in [0.15, 0.2) is 41.9 Å². The van der Waals surface area contributed by atoms with Crippen LogP contribution >= 0.6 is 11.3 Å². The first-order chi connectivity index (χ1) is 11.6. The highest BCUT2D eigenvalue weighted by Crippen LogP contribution is 2.31. The van der Waals surface area contributed by atoms with Gasteiger partial charge in [0.1, 0.15) is 0 Å². The van der Waals surface area contributed by atoms with Gasteiger partial charge in [-0.25, -0.2) is 4.98 Å². The molecule has 0 saturated carbocycles. The summed E-state index contributed by atoms with van der Waals surface area (Å²) in [5, 5.41) is 0. The van der Waals surface area contributed by atoms with Crippen molar-refractivity contribution in [2.24, 2.45) is 0 Å². The zero-order chi connectivity index (χ0) is 17.1. The van der Waals surface area contributed by atoms with Crippen molar-refractivity contribution in [1.82, 2.24) is 9.88 Å². The topological polar surface area (TPSA) is 51.7 Å².